The highest BCUT2D eigenvalue weighted by Gasteiger charge is 2.23. The van der Waals surface area contributed by atoms with Crippen molar-refractivity contribution in [1.29, 1.82) is 0 Å². The second kappa shape index (κ2) is 7.10. The molecule has 130 valence electrons. The lowest BCUT2D eigenvalue weighted by Gasteiger charge is -2.18. The average Bonchev–Trinajstić information content (AvgIpc) is 3.17. The van der Waals surface area contributed by atoms with Crippen LogP contribution >= 0.6 is 11.8 Å². The van der Waals surface area contributed by atoms with Crippen LogP contribution in [0.1, 0.15) is 24.2 Å². The maximum absolute atomic E-state index is 11.0. The zero-order chi connectivity index (χ0) is 18.0. The van der Waals surface area contributed by atoms with Gasteiger partial charge in [0.25, 0.3) is 0 Å². The summed E-state index contributed by atoms with van der Waals surface area (Å²) in [6, 6.07) is 9.97. The summed E-state index contributed by atoms with van der Waals surface area (Å²) in [4.78, 5) is 11.0. The summed E-state index contributed by atoms with van der Waals surface area (Å²) in [7, 11) is 1.88. The van der Waals surface area contributed by atoms with E-state index in [4.69, 9.17) is 5.11 Å². The lowest BCUT2D eigenvalue weighted by molar-refractivity contribution is -0.133. The van der Waals surface area contributed by atoms with Gasteiger partial charge < -0.3 is 5.11 Å². The zero-order valence-corrected chi connectivity index (χ0v) is 15.1. The molecular weight excluding hydrogens is 338 g/mol. The number of thioether (sulfide) groups is 1. The molecule has 0 aliphatic heterocycles. The first kappa shape index (κ1) is 17.2. The second-order valence-electron chi connectivity index (χ2n) is 5.71. The second-order valence-corrected chi connectivity index (χ2v) is 6.66. The molecule has 0 fully saturated rings. The highest BCUT2D eigenvalue weighted by molar-refractivity contribution is 7.99. The molecule has 0 bridgehead atoms. The third kappa shape index (κ3) is 3.43. The van der Waals surface area contributed by atoms with Crippen molar-refractivity contribution < 1.29 is 9.90 Å². The molecule has 1 unspecified atom stereocenters. The molecule has 1 aromatic carbocycles. The van der Waals surface area contributed by atoms with E-state index < -0.39 is 5.97 Å². The van der Waals surface area contributed by atoms with E-state index in [1.807, 2.05) is 48.9 Å². The van der Waals surface area contributed by atoms with Gasteiger partial charge in [0.1, 0.15) is 0 Å². The first-order chi connectivity index (χ1) is 12.0. The Balaban J connectivity index is 2.09. The van der Waals surface area contributed by atoms with Gasteiger partial charge in [0.05, 0.1) is 23.6 Å². The molecule has 0 saturated heterocycles. The zero-order valence-electron chi connectivity index (χ0n) is 14.2. The van der Waals surface area contributed by atoms with Crippen molar-refractivity contribution in [3.05, 3.63) is 47.8 Å². The van der Waals surface area contributed by atoms with Crippen LogP contribution in [0.4, 0.5) is 0 Å². The van der Waals surface area contributed by atoms with Gasteiger partial charge in [0.2, 0.25) is 0 Å². The fraction of sp³-hybridized carbons (Fsp3) is 0.294. The Morgan fingerprint density at radius 3 is 2.60 bits per heavy atom. The van der Waals surface area contributed by atoms with Crippen LogP contribution in [0.5, 0.6) is 0 Å². The van der Waals surface area contributed by atoms with Gasteiger partial charge >= 0.3 is 5.97 Å². The molecule has 0 radical (unpaired) electrons. The lowest BCUT2D eigenvalue weighted by atomic mass is 10.1. The number of aromatic nitrogens is 5. The summed E-state index contributed by atoms with van der Waals surface area (Å²) >= 11 is 1.17. The third-order valence-electron chi connectivity index (χ3n) is 4.13. The van der Waals surface area contributed by atoms with Crippen molar-refractivity contribution in [2.24, 2.45) is 7.05 Å². The number of hydrogen-bond donors (Lipinski definition) is 1. The number of aliphatic carboxylic acids is 1. The minimum absolute atomic E-state index is 0.0397. The van der Waals surface area contributed by atoms with Crippen LogP contribution in [0.15, 0.2) is 41.7 Å². The van der Waals surface area contributed by atoms with Crippen molar-refractivity contribution in [2.45, 2.75) is 25.0 Å². The predicted octanol–water partition coefficient (Wildman–Crippen LogP) is 2.77. The fourth-order valence-corrected chi connectivity index (χ4v) is 3.37. The number of benzene rings is 1. The summed E-state index contributed by atoms with van der Waals surface area (Å²) in [6.45, 7) is 4.03. The topological polar surface area (TPSA) is 85.8 Å². The van der Waals surface area contributed by atoms with Gasteiger partial charge in [-0.3, -0.25) is 14.0 Å². The Labute approximate surface area is 149 Å². The van der Waals surface area contributed by atoms with E-state index in [1.165, 1.54) is 11.8 Å². The number of hydrogen-bond acceptors (Lipinski definition) is 5. The number of carboxylic acid groups (broad SMARTS) is 1. The molecule has 1 atom stereocenters. The van der Waals surface area contributed by atoms with E-state index in [-0.39, 0.29) is 11.8 Å². The van der Waals surface area contributed by atoms with Crippen molar-refractivity contribution in [2.75, 3.05) is 5.75 Å². The van der Waals surface area contributed by atoms with Crippen LogP contribution in [0.2, 0.25) is 0 Å². The molecule has 0 amide bonds. The summed E-state index contributed by atoms with van der Waals surface area (Å²) in [5, 5.41) is 22.4. The van der Waals surface area contributed by atoms with Crippen molar-refractivity contribution in [3.63, 3.8) is 0 Å². The monoisotopic (exact) mass is 357 g/mol. The minimum atomic E-state index is -0.883. The Morgan fingerprint density at radius 2 is 2.00 bits per heavy atom. The molecule has 25 heavy (non-hydrogen) atoms. The molecule has 0 aliphatic carbocycles. The molecule has 0 saturated carbocycles. The smallest absolute Gasteiger partial charge is 0.313 e. The van der Waals surface area contributed by atoms with E-state index in [1.54, 1.807) is 10.9 Å². The summed E-state index contributed by atoms with van der Waals surface area (Å²) < 4.78 is 3.76. The lowest BCUT2D eigenvalue weighted by Crippen LogP contribution is -2.11. The Kier molecular flexibility index (Phi) is 4.89. The van der Waals surface area contributed by atoms with Gasteiger partial charge in [-0.2, -0.15) is 5.10 Å². The summed E-state index contributed by atoms with van der Waals surface area (Å²) in [6.07, 6.45) is 1.76. The van der Waals surface area contributed by atoms with Crippen LogP contribution in [-0.4, -0.2) is 41.4 Å². The maximum atomic E-state index is 11.0. The van der Waals surface area contributed by atoms with Gasteiger partial charge in [0, 0.05) is 12.7 Å². The van der Waals surface area contributed by atoms with Crippen LogP contribution < -0.4 is 0 Å². The van der Waals surface area contributed by atoms with Crippen LogP contribution in [-0.2, 0) is 11.8 Å². The van der Waals surface area contributed by atoms with Gasteiger partial charge in [0.15, 0.2) is 11.0 Å². The molecule has 8 heteroatoms. The first-order valence-electron chi connectivity index (χ1n) is 7.82. The van der Waals surface area contributed by atoms with E-state index in [2.05, 4.69) is 22.2 Å². The molecule has 2 aromatic heterocycles. The standard InChI is InChI=1S/C17H19N5O2S/c1-11(13-7-5-4-6-8-13)22-16(14-9-18-21(3)12(14)2)19-20-17(22)25-10-15(23)24/h4-9,11H,10H2,1-3H3,(H,23,24). The Hall–Kier alpha value is -2.61. The van der Waals surface area contributed by atoms with Crippen molar-refractivity contribution >= 4 is 17.7 Å². The number of rotatable bonds is 6. The maximum Gasteiger partial charge on any atom is 0.313 e. The number of aryl methyl sites for hydroxylation is 1. The van der Waals surface area contributed by atoms with E-state index in [0.717, 1.165) is 16.8 Å². The SMILES string of the molecule is Cc1c(-c2nnc(SCC(=O)O)n2C(C)c2ccccc2)cnn1C. The normalized spacial score (nSPS) is 12.3. The molecule has 2 heterocycles. The molecule has 3 rings (SSSR count). The van der Waals surface area contributed by atoms with Gasteiger partial charge in [-0.1, -0.05) is 42.1 Å². The van der Waals surface area contributed by atoms with E-state index in [9.17, 15) is 4.79 Å². The Bertz CT molecular complexity index is 888. The summed E-state index contributed by atoms with van der Waals surface area (Å²) in [5.74, 6) is -0.257. The van der Waals surface area contributed by atoms with Crippen LogP contribution in [0, 0.1) is 6.92 Å². The molecule has 7 nitrogen and oxygen atoms in total. The number of carbonyl (C=O) groups is 1. The third-order valence-corrected chi connectivity index (χ3v) is 5.06. The highest BCUT2D eigenvalue weighted by Crippen LogP contribution is 2.32. The largest absolute Gasteiger partial charge is 0.481 e. The quantitative estimate of drug-likeness (QED) is 0.683. The molecular formula is C17H19N5O2S. The predicted molar refractivity (Wildman–Crippen MR) is 95.6 cm³/mol. The van der Waals surface area contributed by atoms with E-state index in [0.29, 0.717) is 11.0 Å². The van der Waals surface area contributed by atoms with Gasteiger partial charge in [-0.15, -0.1) is 10.2 Å². The van der Waals surface area contributed by atoms with Gasteiger partial charge in [-0.25, -0.2) is 0 Å². The molecule has 3 aromatic rings. The highest BCUT2D eigenvalue weighted by atomic mass is 32.2. The summed E-state index contributed by atoms with van der Waals surface area (Å²) in [5.41, 5.74) is 2.96. The van der Waals surface area contributed by atoms with E-state index >= 15 is 0 Å². The van der Waals surface area contributed by atoms with Crippen molar-refractivity contribution in [1.82, 2.24) is 24.5 Å². The van der Waals surface area contributed by atoms with Gasteiger partial charge in [-0.05, 0) is 19.4 Å². The fourth-order valence-electron chi connectivity index (χ4n) is 2.63. The number of carboxylic acids is 1. The van der Waals surface area contributed by atoms with Crippen LogP contribution in [0.3, 0.4) is 0 Å². The average molecular weight is 357 g/mol. The number of nitrogens with zero attached hydrogens (tertiary/aromatic N) is 5. The minimum Gasteiger partial charge on any atom is -0.481 e. The van der Waals surface area contributed by atoms with Crippen LogP contribution in [0.25, 0.3) is 11.4 Å². The van der Waals surface area contributed by atoms with Crippen molar-refractivity contribution in [3.8, 4) is 11.4 Å². The molecule has 0 spiro atoms. The molecule has 1 N–H and O–H groups in total. The Morgan fingerprint density at radius 1 is 1.28 bits per heavy atom. The first-order valence-corrected chi connectivity index (χ1v) is 8.81. The molecule has 0 aliphatic rings.